The molecule has 0 atom stereocenters. The number of benzene rings is 2. The molecule has 7 heteroatoms. The highest BCUT2D eigenvalue weighted by Gasteiger charge is 2.19. The van der Waals surface area contributed by atoms with Gasteiger partial charge in [-0.25, -0.2) is 8.42 Å². The SMILES string of the molecule is CCCN(CCN(C)C)C(=O)c1cccc(S(=O)(=O)Nc2ccc(C)cc2)c1. The number of carbonyl (C=O) groups excluding carboxylic acids is 1. The maximum absolute atomic E-state index is 12.9. The predicted octanol–water partition coefficient (Wildman–Crippen LogP) is 3.21. The number of sulfonamides is 1. The maximum Gasteiger partial charge on any atom is 0.261 e. The van der Waals surface area contributed by atoms with E-state index in [1.807, 2.05) is 45.0 Å². The lowest BCUT2D eigenvalue weighted by Gasteiger charge is -2.24. The van der Waals surface area contributed by atoms with Gasteiger partial charge in [0, 0.05) is 30.9 Å². The van der Waals surface area contributed by atoms with Crippen molar-refractivity contribution in [1.29, 1.82) is 0 Å². The first kappa shape index (κ1) is 21.9. The molecule has 0 fully saturated rings. The molecule has 1 N–H and O–H groups in total. The van der Waals surface area contributed by atoms with Gasteiger partial charge < -0.3 is 9.80 Å². The third kappa shape index (κ3) is 6.07. The monoisotopic (exact) mass is 403 g/mol. The summed E-state index contributed by atoms with van der Waals surface area (Å²) >= 11 is 0. The molecule has 0 aliphatic rings. The molecule has 0 spiro atoms. The van der Waals surface area contributed by atoms with Gasteiger partial charge >= 0.3 is 0 Å². The van der Waals surface area contributed by atoms with Crippen molar-refractivity contribution in [2.45, 2.75) is 25.2 Å². The fourth-order valence-corrected chi connectivity index (χ4v) is 3.82. The summed E-state index contributed by atoms with van der Waals surface area (Å²) in [4.78, 5) is 16.8. The first-order valence-electron chi connectivity index (χ1n) is 9.36. The van der Waals surface area contributed by atoms with E-state index >= 15 is 0 Å². The van der Waals surface area contributed by atoms with E-state index in [1.54, 1.807) is 29.2 Å². The van der Waals surface area contributed by atoms with Crippen LogP contribution < -0.4 is 4.72 Å². The molecule has 6 nitrogen and oxygen atoms in total. The second kappa shape index (κ2) is 9.71. The first-order chi connectivity index (χ1) is 13.2. The average Bonchev–Trinajstić information content (AvgIpc) is 2.66. The Hall–Kier alpha value is -2.38. The van der Waals surface area contributed by atoms with Crippen LogP contribution in [0.5, 0.6) is 0 Å². The molecule has 0 unspecified atom stereocenters. The molecule has 28 heavy (non-hydrogen) atoms. The van der Waals surface area contributed by atoms with Crippen LogP contribution in [0.1, 0.15) is 29.3 Å². The second-order valence-corrected chi connectivity index (χ2v) is 8.78. The number of hydrogen-bond donors (Lipinski definition) is 1. The van der Waals surface area contributed by atoms with Gasteiger partial charge in [0.15, 0.2) is 0 Å². The van der Waals surface area contributed by atoms with E-state index in [0.717, 1.165) is 18.5 Å². The summed E-state index contributed by atoms with van der Waals surface area (Å²) in [7, 11) is 0.139. The van der Waals surface area contributed by atoms with Crippen LogP contribution in [0.3, 0.4) is 0 Å². The lowest BCUT2D eigenvalue weighted by atomic mass is 10.2. The van der Waals surface area contributed by atoms with Crippen LogP contribution in [0.25, 0.3) is 0 Å². The smallest absolute Gasteiger partial charge is 0.261 e. The highest BCUT2D eigenvalue weighted by atomic mass is 32.2. The van der Waals surface area contributed by atoms with E-state index in [-0.39, 0.29) is 10.8 Å². The Bertz CT molecular complexity index is 893. The van der Waals surface area contributed by atoms with Crippen LogP contribution in [0.15, 0.2) is 53.4 Å². The Morgan fingerprint density at radius 2 is 1.68 bits per heavy atom. The van der Waals surface area contributed by atoms with Crippen molar-refractivity contribution in [3.05, 3.63) is 59.7 Å². The summed E-state index contributed by atoms with van der Waals surface area (Å²) in [6.07, 6.45) is 0.839. The number of carbonyl (C=O) groups is 1. The van der Waals surface area contributed by atoms with E-state index in [9.17, 15) is 13.2 Å². The number of nitrogens with one attached hydrogen (secondary N) is 1. The summed E-state index contributed by atoms with van der Waals surface area (Å²) in [6.45, 7) is 5.93. The quantitative estimate of drug-likeness (QED) is 0.698. The van der Waals surface area contributed by atoms with E-state index in [1.165, 1.54) is 12.1 Å². The largest absolute Gasteiger partial charge is 0.337 e. The van der Waals surface area contributed by atoms with E-state index in [4.69, 9.17) is 0 Å². The third-order valence-electron chi connectivity index (χ3n) is 4.29. The van der Waals surface area contributed by atoms with E-state index < -0.39 is 10.0 Å². The number of aryl methyl sites for hydroxylation is 1. The molecule has 0 aliphatic heterocycles. The molecule has 2 rings (SSSR count). The van der Waals surface area contributed by atoms with Crippen molar-refractivity contribution in [2.75, 3.05) is 38.5 Å². The minimum Gasteiger partial charge on any atom is -0.337 e. The van der Waals surface area contributed by atoms with Crippen molar-refractivity contribution in [3.63, 3.8) is 0 Å². The molecule has 2 aromatic carbocycles. The van der Waals surface area contributed by atoms with Gasteiger partial charge in [0.2, 0.25) is 0 Å². The third-order valence-corrected chi connectivity index (χ3v) is 5.67. The zero-order chi connectivity index (χ0) is 20.7. The Kier molecular flexibility index (Phi) is 7.60. The number of hydrogen-bond acceptors (Lipinski definition) is 4. The minimum atomic E-state index is -3.77. The molecule has 0 radical (unpaired) electrons. The topological polar surface area (TPSA) is 69.7 Å². The van der Waals surface area contributed by atoms with Gasteiger partial charge in [-0.05, 0) is 57.8 Å². The van der Waals surface area contributed by atoms with Crippen LogP contribution in [0, 0.1) is 6.92 Å². The van der Waals surface area contributed by atoms with Gasteiger partial charge in [-0.1, -0.05) is 30.7 Å². The highest BCUT2D eigenvalue weighted by Crippen LogP contribution is 2.18. The van der Waals surface area contributed by atoms with Gasteiger partial charge in [0.05, 0.1) is 4.90 Å². The summed E-state index contributed by atoms with van der Waals surface area (Å²) in [5.41, 5.74) is 1.91. The molecular weight excluding hydrogens is 374 g/mol. The van der Waals surface area contributed by atoms with Gasteiger partial charge in [0.1, 0.15) is 0 Å². The van der Waals surface area contributed by atoms with E-state index in [2.05, 4.69) is 4.72 Å². The fraction of sp³-hybridized carbons (Fsp3) is 0.381. The molecule has 0 heterocycles. The van der Waals surface area contributed by atoms with Crippen molar-refractivity contribution in [1.82, 2.24) is 9.80 Å². The van der Waals surface area contributed by atoms with Crippen LogP contribution in [0.2, 0.25) is 0 Å². The summed E-state index contributed by atoms with van der Waals surface area (Å²) in [6, 6.07) is 13.3. The highest BCUT2D eigenvalue weighted by molar-refractivity contribution is 7.92. The fourth-order valence-electron chi connectivity index (χ4n) is 2.72. The molecule has 0 saturated carbocycles. The number of likely N-dealkylation sites (N-methyl/N-ethyl adjacent to an activating group) is 1. The van der Waals surface area contributed by atoms with Crippen molar-refractivity contribution in [2.24, 2.45) is 0 Å². The maximum atomic E-state index is 12.9. The van der Waals surface area contributed by atoms with Crippen LogP contribution in [-0.4, -0.2) is 57.9 Å². The molecule has 0 bridgehead atoms. The van der Waals surface area contributed by atoms with Gasteiger partial charge in [-0.3, -0.25) is 9.52 Å². The molecule has 2 aromatic rings. The van der Waals surface area contributed by atoms with Gasteiger partial charge in [-0.2, -0.15) is 0 Å². The summed E-state index contributed by atoms with van der Waals surface area (Å²) in [5.74, 6) is -0.156. The number of rotatable bonds is 9. The summed E-state index contributed by atoms with van der Waals surface area (Å²) in [5, 5.41) is 0. The van der Waals surface area contributed by atoms with Crippen LogP contribution in [0.4, 0.5) is 5.69 Å². The average molecular weight is 404 g/mol. The minimum absolute atomic E-state index is 0.0722. The zero-order valence-corrected chi connectivity index (χ0v) is 17.8. The standard InChI is InChI=1S/C21H29N3O3S/c1-5-13-24(15-14-23(3)4)21(25)18-7-6-8-20(16-18)28(26,27)22-19-11-9-17(2)10-12-19/h6-12,16,22H,5,13-15H2,1-4H3. The molecule has 152 valence electrons. The second-order valence-electron chi connectivity index (χ2n) is 7.09. The Labute approximate surface area is 168 Å². The summed E-state index contributed by atoms with van der Waals surface area (Å²) < 4.78 is 28.0. The van der Waals surface area contributed by atoms with Crippen molar-refractivity contribution < 1.29 is 13.2 Å². The molecule has 0 aromatic heterocycles. The Balaban J connectivity index is 2.23. The number of amides is 1. The van der Waals surface area contributed by atoms with Gasteiger partial charge in [0.25, 0.3) is 15.9 Å². The number of nitrogens with zero attached hydrogens (tertiary/aromatic N) is 2. The molecular formula is C21H29N3O3S. The predicted molar refractivity (Wildman–Crippen MR) is 113 cm³/mol. The Morgan fingerprint density at radius 1 is 1.00 bits per heavy atom. The van der Waals surface area contributed by atoms with Gasteiger partial charge in [-0.15, -0.1) is 0 Å². The van der Waals surface area contributed by atoms with Crippen LogP contribution in [-0.2, 0) is 10.0 Å². The van der Waals surface area contributed by atoms with Crippen molar-refractivity contribution >= 4 is 21.6 Å². The lowest BCUT2D eigenvalue weighted by Crippen LogP contribution is -2.37. The van der Waals surface area contributed by atoms with E-state index in [0.29, 0.717) is 24.3 Å². The van der Waals surface area contributed by atoms with Crippen LogP contribution >= 0.6 is 0 Å². The Morgan fingerprint density at radius 3 is 2.29 bits per heavy atom. The molecule has 1 amide bonds. The molecule has 0 saturated heterocycles. The molecule has 0 aliphatic carbocycles. The first-order valence-corrected chi connectivity index (χ1v) is 10.8. The lowest BCUT2D eigenvalue weighted by molar-refractivity contribution is 0.0744. The normalized spacial score (nSPS) is 11.5. The van der Waals surface area contributed by atoms with Crippen molar-refractivity contribution in [3.8, 4) is 0 Å². The number of anilines is 1. The zero-order valence-electron chi connectivity index (χ0n) is 17.0.